The lowest BCUT2D eigenvalue weighted by atomic mass is 9.99. The van der Waals surface area contributed by atoms with Gasteiger partial charge in [-0.3, -0.25) is 15.0 Å². The third kappa shape index (κ3) is 2.67. The molecule has 2 heterocycles. The summed E-state index contributed by atoms with van der Waals surface area (Å²) in [6.07, 6.45) is 5.02. The van der Waals surface area contributed by atoms with Crippen molar-refractivity contribution in [1.82, 2.24) is 4.90 Å². The zero-order valence-corrected chi connectivity index (χ0v) is 12.8. The van der Waals surface area contributed by atoms with Crippen LogP contribution in [0.1, 0.15) is 25.7 Å². The van der Waals surface area contributed by atoms with Gasteiger partial charge in [-0.05, 0) is 47.8 Å². The fraction of sp³-hybridized carbons (Fsp3) is 0.571. The number of nitro benzene ring substituents is 1. The maximum atomic E-state index is 10.8. The van der Waals surface area contributed by atoms with E-state index in [0.29, 0.717) is 12.1 Å². The van der Waals surface area contributed by atoms with Crippen molar-refractivity contribution < 1.29 is 4.92 Å². The number of benzene rings is 1. The van der Waals surface area contributed by atoms with Crippen LogP contribution in [0.15, 0.2) is 22.7 Å². The Morgan fingerprint density at radius 3 is 2.90 bits per heavy atom. The summed E-state index contributed by atoms with van der Waals surface area (Å²) in [5.74, 6) is 0. The third-order valence-corrected chi connectivity index (χ3v) is 5.02. The van der Waals surface area contributed by atoms with Gasteiger partial charge in [0, 0.05) is 40.9 Å². The van der Waals surface area contributed by atoms with E-state index >= 15 is 0 Å². The topological polar surface area (TPSA) is 58.4 Å². The average Bonchev–Trinajstić information content (AvgIpc) is 2.84. The van der Waals surface area contributed by atoms with Crippen LogP contribution in [0.25, 0.3) is 0 Å². The number of anilines is 1. The number of nitrogens with zero attached hydrogens (tertiary/aromatic N) is 2. The molecule has 2 aliphatic rings. The molecule has 2 unspecified atom stereocenters. The molecule has 0 spiro atoms. The molecule has 0 amide bonds. The molecule has 2 saturated heterocycles. The van der Waals surface area contributed by atoms with Gasteiger partial charge in [0.25, 0.3) is 5.69 Å². The zero-order valence-electron chi connectivity index (χ0n) is 11.2. The lowest BCUT2D eigenvalue weighted by Crippen LogP contribution is -2.41. The van der Waals surface area contributed by atoms with E-state index in [2.05, 4.69) is 26.1 Å². The van der Waals surface area contributed by atoms with E-state index in [9.17, 15) is 10.1 Å². The normalized spacial score (nSPS) is 26.2. The molecule has 108 valence electrons. The molecule has 1 aromatic rings. The molecular formula is C14H18BrN3O2. The van der Waals surface area contributed by atoms with E-state index in [-0.39, 0.29) is 10.6 Å². The van der Waals surface area contributed by atoms with Gasteiger partial charge in [0.15, 0.2) is 0 Å². The Balaban J connectivity index is 1.73. The first kappa shape index (κ1) is 13.8. The van der Waals surface area contributed by atoms with Gasteiger partial charge >= 0.3 is 0 Å². The number of rotatable bonds is 3. The van der Waals surface area contributed by atoms with E-state index in [1.54, 1.807) is 18.2 Å². The molecule has 0 aromatic heterocycles. The number of piperidine rings is 1. The molecule has 0 aliphatic carbocycles. The summed E-state index contributed by atoms with van der Waals surface area (Å²) in [5, 5.41) is 14.3. The van der Waals surface area contributed by atoms with E-state index in [1.165, 1.54) is 25.8 Å². The number of halogens is 1. The standard InChI is InChI=1S/C14H18BrN3O2/c15-11-9-10(18(19)20)4-5-12(11)16-13-6-8-17-7-2-1-3-14(13)17/h4-5,9,13-14,16H,1-3,6-8H2. The molecule has 0 radical (unpaired) electrons. The van der Waals surface area contributed by atoms with E-state index in [0.717, 1.165) is 23.1 Å². The molecule has 0 saturated carbocycles. The van der Waals surface area contributed by atoms with Gasteiger partial charge in [0.05, 0.1) is 4.92 Å². The van der Waals surface area contributed by atoms with Gasteiger partial charge < -0.3 is 5.32 Å². The molecule has 1 N–H and O–H groups in total. The number of fused-ring (bicyclic) bond motifs is 1. The van der Waals surface area contributed by atoms with Crippen molar-refractivity contribution in [3.8, 4) is 0 Å². The Bertz CT molecular complexity index is 523. The van der Waals surface area contributed by atoms with Crippen LogP contribution in [0.5, 0.6) is 0 Å². The van der Waals surface area contributed by atoms with Crippen molar-refractivity contribution in [2.75, 3.05) is 18.4 Å². The van der Waals surface area contributed by atoms with Crippen molar-refractivity contribution in [1.29, 1.82) is 0 Å². The summed E-state index contributed by atoms with van der Waals surface area (Å²) in [7, 11) is 0. The Kier molecular flexibility index (Phi) is 3.94. The first-order valence-corrected chi connectivity index (χ1v) is 7.89. The van der Waals surface area contributed by atoms with Crippen LogP contribution in [0.2, 0.25) is 0 Å². The van der Waals surface area contributed by atoms with Gasteiger partial charge in [-0.2, -0.15) is 0 Å². The van der Waals surface area contributed by atoms with Gasteiger partial charge in [-0.15, -0.1) is 0 Å². The highest BCUT2D eigenvalue weighted by Crippen LogP contribution is 2.33. The van der Waals surface area contributed by atoms with E-state index in [1.807, 2.05) is 0 Å². The summed E-state index contributed by atoms with van der Waals surface area (Å²) >= 11 is 3.43. The highest BCUT2D eigenvalue weighted by atomic mass is 79.9. The maximum Gasteiger partial charge on any atom is 0.270 e. The Hall–Kier alpha value is -1.14. The highest BCUT2D eigenvalue weighted by Gasteiger charge is 2.35. The minimum Gasteiger partial charge on any atom is -0.380 e. The third-order valence-electron chi connectivity index (χ3n) is 4.36. The summed E-state index contributed by atoms with van der Waals surface area (Å²) in [6, 6.07) is 5.99. The van der Waals surface area contributed by atoms with Crippen molar-refractivity contribution >= 4 is 27.3 Å². The van der Waals surface area contributed by atoms with Crippen LogP contribution in [0.3, 0.4) is 0 Å². The predicted molar refractivity (Wildman–Crippen MR) is 82.0 cm³/mol. The van der Waals surface area contributed by atoms with Gasteiger partial charge in [0.1, 0.15) is 0 Å². The predicted octanol–water partition coefficient (Wildman–Crippen LogP) is 3.40. The van der Waals surface area contributed by atoms with E-state index in [4.69, 9.17) is 0 Å². The van der Waals surface area contributed by atoms with Gasteiger partial charge in [0.2, 0.25) is 0 Å². The molecular weight excluding hydrogens is 322 g/mol. The van der Waals surface area contributed by atoms with Crippen LogP contribution < -0.4 is 5.32 Å². The lowest BCUT2D eigenvalue weighted by molar-refractivity contribution is -0.384. The van der Waals surface area contributed by atoms with Crippen molar-refractivity contribution in [3.63, 3.8) is 0 Å². The molecule has 0 bridgehead atoms. The number of hydrogen-bond donors (Lipinski definition) is 1. The lowest BCUT2D eigenvalue weighted by Gasteiger charge is -2.33. The van der Waals surface area contributed by atoms with Crippen molar-refractivity contribution in [3.05, 3.63) is 32.8 Å². The second-order valence-corrected chi connectivity index (χ2v) is 6.41. The molecule has 2 fully saturated rings. The minimum absolute atomic E-state index is 0.119. The Morgan fingerprint density at radius 2 is 2.15 bits per heavy atom. The monoisotopic (exact) mass is 339 g/mol. The Labute approximate surface area is 126 Å². The summed E-state index contributed by atoms with van der Waals surface area (Å²) in [6.45, 7) is 2.37. The van der Waals surface area contributed by atoms with Crippen LogP contribution in [0.4, 0.5) is 11.4 Å². The smallest absolute Gasteiger partial charge is 0.270 e. The average molecular weight is 340 g/mol. The fourth-order valence-corrected chi connectivity index (χ4v) is 3.83. The molecule has 2 aliphatic heterocycles. The van der Waals surface area contributed by atoms with E-state index < -0.39 is 0 Å². The van der Waals surface area contributed by atoms with Crippen LogP contribution in [-0.4, -0.2) is 35.0 Å². The molecule has 5 nitrogen and oxygen atoms in total. The largest absolute Gasteiger partial charge is 0.380 e. The molecule has 1 aromatic carbocycles. The van der Waals surface area contributed by atoms with Gasteiger partial charge in [-0.25, -0.2) is 0 Å². The summed E-state index contributed by atoms with van der Waals surface area (Å²) in [5.41, 5.74) is 1.07. The second-order valence-electron chi connectivity index (χ2n) is 5.56. The maximum absolute atomic E-state index is 10.8. The fourth-order valence-electron chi connectivity index (χ4n) is 3.35. The van der Waals surface area contributed by atoms with Gasteiger partial charge in [-0.1, -0.05) is 6.42 Å². The molecule has 6 heteroatoms. The quantitative estimate of drug-likeness (QED) is 0.677. The Morgan fingerprint density at radius 1 is 1.30 bits per heavy atom. The first-order valence-electron chi connectivity index (χ1n) is 7.09. The van der Waals surface area contributed by atoms with Crippen molar-refractivity contribution in [2.24, 2.45) is 0 Å². The molecule has 2 atom stereocenters. The SMILES string of the molecule is O=[N+]([O-])c1ccc(NC2CCN3CCCCC23)c(Br)c1. The summed E-state index contributed by atoms with van der Waals surface area (Å²) in [4.78, 5) is 13.0. The molecule has 20 heavy (non-hydrogen) atoms. The summed E-state index contributed by atoms with van der Waals surface area (Å²) < 4.78 is 0.765. The number of nitrogens with one attached hydrogen (secondary N) is 1. The van der Waals surface area contributed by atoms with Crippen LogP contribution >= 0.6 is 15.9 Å². The van der Waals surface area contributed by atoms with Crippen LogP contribution in [0, 0.1) is 10.1 Å². The van der Waals surface area contributed by atoms with Crippen LogP contribution in [-0.2, 0) is 0 Å². The number of nitro groups is 1. The first-order chi connectivity index (χ1) is 9.65. The minimum atomic E-state index is -0.368. The second kappa shape index (κ2) is 5.69. The zero-order chi connectivity index (χ0) is 14.1. The molecule has 3 rings (SSSR count). The number of non-ortho nitro benzene ring substituents is 1. The highest BCUT2D eigenvalue weighted by molar-refractivity contribution is 9.10. The number of hydrogen-bond acceptors (Lipinski definition) is 4. The van der Waals surface area contributed by atoms with Crippen molar-refractivity contribution in [2.45, 2.75) is 37.8 Å².